The van der Waals surface area contributed by atoms with Crippen LogP contribution in [0.15, 0.2) is 24.3 Å². The minimum absolute atomic E-state index is 0.120. The lowest BCUT2D eigenvalue weighted by Gasteiger charge is -2.23. The number of rotatable bonds is 8. The van der Waals surface area contributed by atoms with Crippen molar-refractivity contribution in [1.29, 1.82) is 0 Å². The molecule has 0 saturated carbocycles. The molecule has 1 aromatic rings. The molecule has 26 heavy (non-hydrogen) atoms. The van der Waals surface area contributed by atoms with E-state index in [2.05, 4.69) is 10.6 Å². The quantitative estimate of drug-likeness (QED) is 0.523. The van der Waals surface area contributed by atoms with Gasteiger partial charge in [0.1, 0.15) is 11.6 Å². The van der Waals surface area contributed by atoms with E-state index in [4.69, 9.17) is 15.6 Å². The fourth-order valence-corrected chi connectivity index (χ4v) is 2.14. The van der Waals surface area contributed by atoms with Gasteiger partial charge >= 0.3 is 12.1 Å². The van der Waals surface area contributed by atoms with Gasteiger partial charge < -0.3 is 26.2 Å². The lowest BCUT2D eigenvalue weighted by Crippen LogP contribution is -2.45. The maximum atomic E-state index is 12.5. The van der Waals surface area contributed by atoms with Crippen molar-refractivity contribution in [3.05, 3.63) is 29.8 Å². The zero-order valence-corrected chi connectivity index (χ0v) is 15.4. The Hall–Kier alpha value is -2.61. The zero-order valence-electron chi connectivity index (χ0n) is 15.4. The number of amides is 2. The number of anilines is 1. The monoisotopic (exact) mass is 365 g/mol. The molecule has 0 spiro atoms. The summed E-state index contributed by atoms with van der Waals surface area (Å²) >= 11 is 0. The summed E-state index contributed by atoms with van der Waals surface area (Å²) in [5.74, 6) is -1.45. The largest absolute Gasteiger partial charge is 0.478 e. The number of nitrogens with one attached hydrogen (secondary N) is 2. The number of carboxylic acid groups (broad SMARTS) is 1. The van der Waals surface area contributed by atoms with Crippen LogP contribution >= 0.6 is 0 Å². The Morgan fingerprint density at radius 3 is 2.27 bits per heavy atom. The molecular weight excluding hydrogens is 338 g/mol. The number of nitrogens with two attached hydrogens (primary N) is 1. The molecule has 5 N–H and O–H groups in total. The van der Waals surface area contributed by atoms with Crippen LogP contribution in [0, 0.1) is 0 Å². The molecule has 0 heterocycles. The molecule has 1 aromatic carbocycles. The molecule has 0 saturated heterocycles. The number of carbonyl (C=O) groups is 3. The molecule has 144 valence electrons. The minimum atomic E-state index is -1.05. The van der Waals surface area contributed by atoms with E-state index in [-0.39, 0.29) is 5.56 Å². The van der Waals surface area contributed by atoms with Gasteiger partial charge in [0, 0.05) is 5.69 Å². The summed E-state index contributed by atoms with van der Waals surface area (Å²) in [6, 6.07) is 4.98. The smallest absolute Gasteiger partial charge is 0.408 e. The molecule has 0 fully saturated rings. The topological polar surface area (TPSA) is 131 Å². The van der Waals surface area contributed by atoms with Crippen molar-refractivity contribution in [2.24, 2.45) is 5.73 Å². The average Bonchev–Trinajstić information content (AvgIpc) is 2.52. The molecule has 0 aromatic heterocycles. The highest BCUT2D eigenvalue weighted by Gasteiger charge is 2.24. The first-order valence-corrected chi connectivity index (χ1v) is 8.46. The van der Waals surface area contributed by atoms with Crippen LogP contribution in [0.25, 0.3) is 0 Å². The maximum Gasteiger partial charge on any atom is 0.408 e. The standard InChI is InChI=1S/C18H27N3O5/c1-18(2,3)26-17(25)21-14(6-4-5-11-19)15(22)20-13-9-7-12(8-10-13)16(23)24/h7-10,14H,4-6,11,19H2,1-3H3,(H,20,22)(H,21,25)(H,23,24)/t14-/m0/s1. The molecule has 0 radical (unpaired) electrons. The van der Waals surface area contributed by atoms with Crippen LogP contribution in [0.3, 0.4) is 0 Å². The Balaban J connectivity index is 2.75. The van der Waals surface area contributed by atoms with Gasteiger partial charge in [-0.15, -0.1) is 0 Å². The number of hydrogen-bond donors (Lipinski definition) is 4. The number of carbonyl (C=O) groups excluding carboxylic acids is 2. The number of alkyl carbamates (subject to hydrolysis) is 1. The van der Waals surface area contributed by atoms with E-state index in [1.165, 1.54) is 24.3 Å². The van der Waals surface area contributed by atoms with Gasteiger partial charge in [-0.25, -0.2) is 9.59 Å². The first-order chi connectivity index (χ1) is 12.1. The summed E-state index contributed by atoms with van der Waals surface area (Å²) in [6.07, 6.45) is 1.14. The van der Waals surface area contributed by atoms with Gasteiger partial charge in [0.2, 0.25) is 5.91 Å². The summed E-state index contributed by atoms with van der Waals surface area (Å²) in [5, 5.41) is 14.1. The normalized spacial score (nSPS) is 12.2. The third-order valence-corrected chi connectivity index (χ3v) is 3.35. The summed E-state index contributed by atoms with van der Waals surface area (Å²) in [7, 11) is 0. The van der Waals surface area contributed by atoms with E-state index in [0.29, 0.717) is 25.1 Å². The Kier molecular flexibility index (Phi) is 8.05. The molecule has 2 amide bonds. The highest BCUT2D eigenvalue weighted by atomic mass is 16.6. The number of carboxylic acids is 1. The van der Waals surface area contributed by atoms with Crippen LogP contribution in [-0.2, 0) is 9.53 Å². The average molecular weight is 365 g/mol. The Morgan fingerprint density at radius 2 is 1.77 bits per heavy atom. The van der Waals surface area contributed by atoms with E-state index in [0.717, 1.165) is 6.42 Å². The number of ether oxygens (including phenoxy) is 1. The summed E-state index contributed by atoms with van der Waals surface area (Å²) < 4.78 is 5.20. The number of aromatic carboxylic acids is 1. The van der Waals surface area contributed by atoms with Crippen molar-refractivity contribution in [3.8, 4) is 0 Å². The fraction of sp³-hybridized carbons (Fsp3) is 0.500. The fourth-order valence-electron chi connectivity index (χ4n) is 2.14. The van der Waals surface area contributed by atoms with Gasteiger partial charge in [0.05, 0.1) is 5.56 Å². The van der Waals surface area contributed by atoms with E-state index in [1.807, 2.05) is 0 Å². The van der Waals surface area contributed by atoms with Crippen molar-refractivity contribution in [3.63, 3.8) is 0 Å². The predicted molar refractivity (Wildman–Crippen MR) is 98.1 cm³/mol. The molecule has 8 nitrogen and oxygen atoms in total. The zero-order chi connectivity index (χ0) is 19.7. The van der Waals surface area contributed by atoms with Crippen LogP contribution in [0.5, 0.6) is 0 Å². The number of benzene rings is 1. The van der Waals surface area contributed by atoms with E-state index < -0.39 is 29.6 Å². The second-order valence-corrected chi connectivity index (χ2v) is 6.86. The second kappa shape index (κ2) is 9.76. The lowest BCUT2D eigenvalue weighted by molar-refractivity contribution is -0.118. The van der Waals surface area contributed by atoms with Crippen molar-refractivity contribution in [2.75, 3.05) is 11.9 Å². The summed E-state index contributed by atoms with van der Waals surface area (Å²) in [4.78, 5) is 35.3. The molecule has 0 aliphatic rings. The molecule has 0 aliphatic heterocycles. The third kappa shape index (κ3) is 7.98. The van der Waals surface area contributed by atoms with E-state index in [9.17, 15) is 14.4 Å². The van der Waals surface area contributed by atoms with Crippen molar-refractivity contribution < 1.29 is 24.2 Å². The van der Waals surface area contributed by atoms with Crippen molar-refractivity contribution in [2.45, 2.75) is 51.7 Å². The van der Waals surface area contributed by atoms with Crippen molar-refractivity contribution in [1.82, 2.24) is 5.32 Å². The second-order valence-electron chi connectivity index (χ2n) is 6.86. The van der Waals surface area contributed by atoms with Crippen LogP contribution in [0.4, 0.5) is 10.5 Å². The summed E-state index contributed by atoms with van der Waals surface area (Å²) in [5.41, 5.74) is 5.36. The van der Waals surface area contributed by atoms with Crippen LogP contribution in [-0.4, -0.2) is 41.3 Å². The van der Waals surface area contributed by atoms with Gasteiger partial charge in [-0.1, -0.05) is 0 Å². The molecule has 0 unspecified atom stereocenters. The highest BCUT2D eigenvalue weighted by molar-refractivity contribution is 5.97. The molecule has 0 aliphatic carbocycles. The highest BCUT2D eigenvalue weighted by Crippen LogP contribution is 2.12. The minimum Gasteiger partial charge on any atom is -0.478 e. The first-order valence-electron chi connectivity index (χ1n) is 8.46. The molecule has 8 heteroatoms. The van der Waals surface area contributed by atoms with Crippen LogP contribution in [0.1, 0.15) is 50.4 Å². The molecule has 0 bridgehead atoms. The first kappa shape index (κ1) is 21.4. The predicted octanol–water partition coefficient (Wildman–Crippen LogP) is 2.35. The van der Waals surface area contributed by atoms with Gasteiger partial charge in [0.25, 0.3) is 0 Å². The third-order valence-electron chi connectivity index (χ3n) is 3.35. The number of hydrogen-bond acceptors (Lipinski definition) is 5. The van der Waals surface area contributed by atoms with Crippen molar-refractivity contribution >= 4 is 23.7 Å². The van der Waals surface area contributed by atoms with Gasteiger partial charge in [-0.2, -0.15) is 0 Å². The SMILES string of the molecule is CC(C)(C)OC(=O)N[C@@H](CCCCN)C(=O)Nc1ccc(C(=O)O)cc1. The lowest BCUT2D eigenvalue weighted by atomic mass is 10.1. The van der Waals surface area contributed by atoms with Gasteiger partial charge in [0.15, 0.2) is 0 Å². The molecule has 1 rings (SSSR count). The van der Waals surface area contributed by atoms with E-state index >= 15 is 0 Å². The Morgan fingerprint density at radius 1 is 1.15 bits per heavy atom. The molecular formula is C18H27N3O5. The Labute approximate surface area is 153 Å². The van der Waals surface area contributed by atoms with Gasteiger partial charge in [-0.3, -0.25) is 4.79 Å². The van der Waals surface area contributed by atoms with E-state index in [1.54, 1.807) is 20.8 Å². The summed E-state index contributed by atoms with van der Waals surface area (Å²) in [6.45, 7) is 5.71. The van der Waals surface area contributed by atoms with Gasteiger partial charge in [-0.05, 0) is 70.8 Å². The van der Waals surface area contributed by atoms with Crippen LogP contribution < -0.4 is 16.4 Å². The van der Waals surface area contributed by atoms with Crippen LogP contribution in [0.2, 0.25) is 0 Å². The number of unbranched alkanes of at least 4 members (excludes halogenated alkanes) is 1. The Bertz CT molecular complexity index is 623. The maximum absolute atomic E-state index is 12.5. The molecule has 1 atom stereocenters.